The van der Waals surface area contributed by atoms with Crippen molar-refractivity contribution in [3.05, 3.63) is 89.5 Å². The lowest BCUT2D eigenvalue weighted by Crippen LogP contribution is -2.33. The number of anilines is 1. The summed E-state index contributed by atoms with van der Waals surface area (Å²) in [6.45, 7) is 3.31. The number of carbonyl (C=O) groups excluding carboxylic acids is 1. The molecule has 0 N–H and O–H groups in total. The van der Waals surface area contributed by atoms with Gasteiger partial charge >= 0.3 is 0 Å². The number of aryl methyl sites for hydroxylation is 1. The summed E-state index contributed by atoms with van der Waals surface area (Å²) in [5.41, 5.74) is 2.95. The topological polar surface area (TPSA) is 59.4 Å². The van der Waals surface area contributed by atoms with E-state index < -0.39 is 10.0 Å². The van der Waals surface area contributed by atoms with Crippen LogP contribution in [-0.4, -0.2) is 25.3 Å². The standard InChI is InChI=1S/C24H19FN2O3S/c1-15-12-20(16(2)27(15)19-9-5-8-18(25)13-19)22(28)14-26-21-10-3-6-17-7-4-11-23(24(17)21)31(26,29)30/h3-13H,14H2,1-2H3. The van der Waals surface area contributed by atoms with Gasteiger partial charge in [-0.15, -0.1) is 0 Å². The maximum absolute atomic E-state index is 13.7. The van der Waals surface area contributed by atoms with Crippen LogP contribution in [0.3, 0.4) is 0 Å². The van der Waals surface area contributed by atoms with Crippen molar-refractivity contribution < 1.29 is 17.6 Å². The highest BCUT2D eigenvalue weighted by atomic mass is 32.2. The van der Waals surface area contributed by atoms with E-state index in [1.807, 2.05) is 19.1 Å². The predicted molar refractivity (Wildman–Crippen MR) is 118 cm³/mol. The molecule has 0 atom stereocenters. The molecular formula is C24H19FN2O3S. The van der Waals surface area contributed by atoms with Crippen LogP contribution in [0, 0.1) is 19.7 Å². The van der Waals surface area contributed by atoms with Crippen LogP contribution in [0.2, 0.25) is 0 Å². The maximum Gasteiger partial charge on any atom is 0.265 e. The fraction of sp³-hybridized carbons (Fsp3) is 0.125. The molecular weight excluding hydrogens is 415 g/mol. The smallest absolute Gasteiger partial charge is 0.265 e. The Labute approximate surface area is 179 Å². The van der Waals surface area contributed by atoms with Gasteiger partial charge in [0.25, 0.3) is 10.0 Å². The van der Waals surface area contributed by atoms with Crippen LogP contribution >= 0.6 is 0 Å². The van der Waals surface area contributed by atoms with Crippen LogP contribution in [0.15, 0.2) is 71.6 Å². The lowest BCUT2D eigenvalue weighted by molar-refractivity contribution is 0.100. The average molecular weight is 434 g/mol. The molecule has 0 spiro atoms. The van der Waals surface area contributed by atoms with Crippen molar-refractivity contribution in [2.45, 2.75) is 18.7 Å². The fourth-order valence-corrected chi connectivity index (χ4v) is 6.07. The van der Waals surface area contributed by atoms with Crippen LogP contribution < -0.4 is 4.31 Å². The highest BCUT2D eigenvalue weighted by molar-refractivity contribution is 7.93. The summed E-state index contributed by atoms with van der Waals surface area (Å²) < 4.78 is 43.0. The van der Waals surface area contributed by atoms with E-state index in [1.54, 1.807) is 54.0 Å². The Morgan fingerprint density at radius 1 is 0.968 bits per heavy atom. The molecule has 4 aromatic rings. The van der Waals surface area contributed by atoms with Gasteiger partial charge in [0.2, 0.25) is 0 Å². The minimum absolute atomic E-state index is 0.221. The van der Waals surface area contributed by atoms with Crippen molar-refractivity contribution >= 4 is 32.3 Å². The summed E-state index contributed by atoms with van der Waals surface area (Å²) in [6.07, 6.45) is 0. The van der Waals surface area contributed by atoms with Gasteiger partial charge < -0.3 is 4.57 Å². The number of benzene rings is 3. The second-order valence-corrected chi connectivity index (χ2v) is 9.50. The lowest BCUT2D eigenvalue weighted by atomic mass is 10.1. The van der Waals surface area contributed by atoms with E-state index in [0.29, 0.717) is 28.0 Å². The highest BCUT2D eigenvalue weighted by Gasteiger charge is 2.37. The molecule has 0 saturated carbocycles. The molecule has 0 amide bonds. The van der Waals surface area contributed by atoms with Crippen molar-refractivity contribution in [3.8, 4) is 5.69 Å². The molecule has 7 heteroatoms. The van der Waals surface area contributed by atoms with Crippen molar-refractivity contribution in [1.82, 2.24) is 4.57 Å². The van der Waals surface area contributed by atoms with E-state index in [9.17, 15) is 17.6 Å². The zero-order valence-corrected chi connectivity index (χ0v) is 17.8. The number of halogens is 1. The molecule has 5 nitrogen and oxygen atoms in total. The fourth-order valence-electron chi connectivity index (χ4n) is 4.40. The Morgan fingerprint density at radius 3 is 2.42 bits per heavy atom. The number of Topliss-reactive ketones (excluding diaryl/α,β-unsaturated/α-hetero) is 1. The van der Waals surface area contributed by atoms with Crippen molar-refractivity contribution in [1.29, 1.82) is 0 Å². The predicted octanol–water partition coefficient (Wildman–Crippen LogP) is 4.78. The third-order valence-corrected chi connectivity index (χ3v) is 7.57. The van der Waals surface area contributed by atoms with Gasteiger partial charge in [-0.3, -0.25) is 9.10 Å². The molecule has 0 radical (unpaired) electrons. The highest BCUT2D eigenvalue weighted by Crippen LogP contribution is 2.42. The second-order valence-electron chi connectivity index (χ2n) is 7.67. The van der Waals surface area contributed by atoms with Gasteiger partial charge in [0.15, 0.2) is 5.78 Å². The Morgan fingerprint density at radius 2 is 1.68 bits per heavy atom. The molecule has 156 valence electrons. The minimum atomic E-state index is -3.82. The summed E-state index contributed by atoms with van der Waals surface area (Å²) in [7, 11) is -3.82. The first-order chi connectivity index (χ1) is 14.8. The summed E-state index contributed by atoms with van der Waals surface area (Å²) in [5.74, 6) is -0.684. The molecule has 0 unspecified atom stereocenters. The molecule has 31 heavy (non-hydrogen) atoms. The van der Waals surface area contributed by atoms with Crippen LogP contribution in [0.25, 0.3) is 16.5 Å². The quantitative estimate of drug-likeness (QED) is 0.435. The first-order valence-electron chi connectivity index (χ1n) is 9.81. The first-order valence-corrected chi connectivity index (χ1v) is 11.3. The Kier molecular flexibility index (Phi) is 4.27. The first kappa shape index (κ1) is 19.5. The summed E-state index contributed by atoms with van der Waals surface area (Å²) >= 11 is 0. The monoisotopic (exact) mass is 434 g/mol. The van der Waals surface area contributed by atoms with E-state index in [2.05, 4.69) is 0 Å². The lowest BCUT2D eigenvalue weighted by Gasteiger charge is -2.18. The number of aromatic nitrogens is 1. The van der Waals surface area contributed by atoms with Crippen LogP contribution in [0.4, 0.5) is 10.1 Å². The molecule has 0 saturated heterocycles. The van der Waals surface area contributed by atoms with Gasteiger partial charge in [0, 0.05) is 28.0 Å². The van der Waals surface area contributed by atoms with E-state index in [-0.39, 0.29) is 23.0 Å². The van der Waals surface area contributed by atoms with Gasteiger partial charge in [-0.25, -0.2) is 12.8 Å². The van der Waals surface area contributed by atoms with Crippen LogP contribution in [0.1, 0.15) is 21.7 Å². The average Bonchev–Trinajstić information content (AvgIpc) is 3.15. The van der Waals surface area contributed by atoms with E-state index in [4.69, 9.17) is 0 Å². The third kappa shape index (κ3) is 2.88. The Bertz CT molecular complexity index is 1480. The zero-order valence-electron chi connectivity index (χ0n) is 17.0. The maximum atomic E-state index is 13.7. The number of hydrogen-bond donors (Lipinski definition) is 0. The molecule has 0 fully saturated rings. The minimum Gasteiger partial charge on any atom is -0.318 e. The van der Waals surface area contributed by atoms with Crippen molar-refractivity contribution in [3.63, 3.8) is 0 Å². The van der Waals surface area contributed by atoms with Gasteiger partial charge in [-0.05, 0) is 55.6 Å². The Balaban J connectivity index is 1.55. The van der Waals surface area contributed by atoms with Crippen molar-refractivity contribution in [2.75, 3.05) is 10.8 Å². The SMILES string of the molecule is Cc1cc(C(=O)CN2c3cccc4cccc(c34)S2(=O)=O)c(C)n1-c1cccc(F)c1. The van der Waals surface area contributed by atoms with E-state index in [1.165, 1.54) is 16.4 Å². The third-order valence-electron chi connectivity index (χ3n) is 5.77. The van der Waals surface area contributed by atoms with E-state index >= 15 is 0 Å². The largest absolute Gasteiger partial charge is 0.318 e. The van der Waals surface area contributed by atoms with Crippen molar-refractivity contribution in [2.24, 2.45) is 0 Å². The molecule has 5 rings (SSSR count). The summed E-state index contributed by atoms with van der Waals surface area (Å²) in [5, 5.41) is 1.46. The van der Waals surface area contributed by atoms with Crippen LogP contribution in [0.5, 0.6) is 0 Å². The zero-order chi connectivity index (χ0) is 21.9. The second kappa shape index (κ2) is 6.78. The van der Waals surface area contributed by atoms with Gasteiger partial charge in [-0.2, -0.15) is 0 Å². The summed E-state index contributed by atoms with van der Waals surface area (Å²) in [4.78, 5) is 13.5. The molecule has 1 aliphatic heterocycles. The number of rotatable bonds is 4. The number of ketones is 1. The number of hydrogen-bond acceptors (Lipinski definition) is 3. The molecule has 3 aromatic carbocycles. The Hall–Kier alpha value is -3.45. The summed E-state index contributed by atoms with van der Waals surface area (Å²) in [6, 6.07) is 18.4. The molecule has 0 bridgehead atoms. The van der Waals surface area contributed by atoms with Gasteiger partial charge in [0.1, 0.15) is 5.82 Å². The van der Waals surface area contributed by atoms with Gasteiger partial charge in [-0.1, -0.05) is 30.3 Å². The molecule has 1 aromatic heterocycles. The van der Waals surface area contributed by atoms with Gasteiger partial charge in [0.05, 0.1) is 17.1 Å². The molecule has 1 aliphatic rings. The number of carbonyl (C=O) groups is 1. The molecule has 2 heterocycles. The molecule has 0 aliphatic carbocycles. The number of nitrogens with zero attached hydrogens (tertiary/aromatic N) is 2. The number of sulfonamides is 1. The van der Waals surface area contributed by atoms with Crippen LogP contribution in [-0.2, 0) is 10.0 Å². The normalized spacial score (nSPS) is 14.4. The van der Waals surface area contributed by atoms with E-state index in [0.717, 1.165) is 11.1 Å².